The zero-order chi connectivity index (χ0) is 27.0. The van der Waals surface area contributed by atoms with Crippen molar-refractivity contribution in [3.05, 3.63) is 107 Å². The molecule has 0 spiro atoms. The number of hydrazone groups is 1. The number of nitrogens with one attached hydrogen (secondary N) is 1. The molecule has 0 aliphatic heterocycles. The standard InChI is InChI=1S/C28H23ClN6O3S/c1-19-7-5-11-24(29)23(19)17-37-26-13-12-22(38-26)16-31-32-25(36)18-39-28-34-33-27(20-8-6-14-30-15-20)35(28)21-9-3-2-4-10-21/h2-16H,17-18H2,1H3,(H,32,36)/b31-16+. The topological polar surface area (TPSA) is 107 Å². The fourth-order valence-electron chi connectivity index (χ4n) is 3.66. The number of rotatable bonds is 10. The first-order chi connectivity index (χ1) is 19.1. The number of halogens is 1. The number of thioether (sulfide) groups is 1. The van der Waals surface area contributed by atoms with Crippen molar-refractivity contribution in [2.75, 3.05) is 5.75 Å². The summed E-state index contributed by atoms with van der Waals surface area (Å²) in [6.45, 7) is 2.25. The molecule has 0 atom stereocenters. The van der Waals surface area contributed by atoms with E-state index in [1.807, 2.05) is 72.2 Å². The predicted molar refractivity (Wildman–Crippen MR) is 150 cm³/mol. The highest BCUT2D eigenvalue weighted by molar-refractivity contribution is 7.99. The molecule has 0 aliphatic carbocycles. The summed E-state index contributed by atoms with van der Waals surface area (Å²) in [5.74, 6) is 1.16. The molecule has 0 aliphatic rings. The third-order valence-electron chi connectivity index (χ3n) is 5.59. The summed E-state index contributed by atoms with van der Waals surface area (Å²) >= 11 is 7.50. The first-order valence-electron chi connectivity index (χ1n) is 11.9. The molecule has 39 heavy (non-hydrogen) atoms. The van der Waals surface area contributed by atoms with Gasteiger partial charge in [0.05, 0.1) is 12.0 Å². The number of amides is 1. The van der Waals surface area contributed by atoms with E-state index >= 15 is 0 Å². The highest BCUT2D eigenvalue weighted by atomic mass is 35.5. The smallest absolute Gasteiger partial charge is 0.285 e. The zero-order valence-corrected chi connectivity index (χ0v) is 22.4. The second-order valence-electron chi connectivity index (χ2n) is 8.28. The molecule has 1 amide bonds. The van der Waals surface area contributed by atoms with Crippen molar-refractivity contribution in [2.24, 2.45) is 5.10 Å². The Morgan fingerprint density at radius 2 is 1.97 bits per heavy atom. The zero-order valence-electron chi connectivity index (χ0n) is 20.8. The third-order valence-corrected chi connectivity index (χ3v) is 6.88. The molecule has 196 valence electrons. The van der Waals surface area contributed by atoms with Crippen LogP contribution in [0.1, 0.15) is 16.9 Å². The van der Waals surface area contributed by atoms with Crippen molar-refractivity contribution in [2.45, 2.75) is 18.7 Å². The molecule has 5 aromatic rings. The van der Waals surface area contributed by atoms with Crippen molar-refractivity contribution in [1.82, 2.24) is 25.2 Å². The van der Waals surface area contributed by atoms with Gasteiger partial charge in [-0.2, -0.15) is 5.10 Å². The summed E-state index contributed by atoms with van der Waals surface area (Å²) in [5.41, 5.74) is 6.13. The number of furan rings is 1. The van der Waals surface area contributed by atoms with Gasteiger partial charge in [-0.25, -0.2) is 5.43 Å². The highest BCUT2D eigenvalue weighted by Crippen LogP contribution is 2.27. The minimum Gasteiger partial charge on any atom is -0.460 e. The summed E-state index contributed by atoms with van der Waals surface area (Å²) in [5, 5.41) is 13.9. The van der Waals surface area contributed by atoms with Gasteiger partial charge in [0.25, 0.3) is 11.9 Å². The Morgan fingerprint density at radius 1 is 1.10 bits per heavy atom. The molecule has 3 aromatic heterocycles. The van der Waals surface area contributed by atoms with Crippen molar-refractivity contribution in [3.8, 4) is 23.0 Å². The lowest BCUT2D eigenvalue weighted by Gasteiger charge is -2.09. The minimum atomic E-state index is -0.306. The number of carbonyl (C=O) groups is 1. The Morgan fingerprint density at radius 3 is 2.77 bits per heavy atom. The van der Waals surface area contributed by atoms with E-state index in [1.54, 1.807) is 24.5 Å². The number of ether oxygens (including phenoxy) is 1. The van der Waals surface area contributed by atoms with E-state index in [4.69, 9.17) is 20.8 Å². The molecular weight excluding hydrogens is 536 g/mol. The van der Waals surface area contributed by atoms with Gasteiger partial charge in [0, 0.05) is 40.3 Å². The normalized spacial score (nSPS) is 11.1. The number of hydrogen-bond donors (Lipinski definition) is 1. The summed E-state index contributed by atoms with van der Waals surface area (Å²) < 4.78 is 13.2. The maximum absolute atomic E-state index is 12.5. The van der Waals surface area contributed by atoms with Crippen LogP contribution in [0.4, 0.5) is 0 Å². The lowest BCUT2D eigenvalue weighted by molar-refractivity contribution is -0.118. The first kappa shape index (κ1) is 26.2. The van der Waals surface area contributed by atoms with Crippen molar-refractivity contribution in [1.29, 1.82) is 0 Å². The largest absolute Gasteiger partial charge is 0.460 e. The molecule has 5 rings (SSSR count). The van der Waals surface area contributed by atoms with Gasteiger partial charge in [0.1, 0.15) is 6.61 Å². The summed E-state index contributed by atoms with van der Waals surface area (Å²) in [6, 6.07) is 22.5. The summed E-state index contributed by atoms with van der Waals surface area (Å²) in [4.78, 5) is 16.7. The molecular formula is C28H23ClN6O3S. The second kappa shape index (κ2) is 12.4. The maximum atomic E-state index is 12.5. The van der Waals surface area contributed by atoms with Gasteiger partial charge in [-0.05, 0) is 48.9 Å². The number of aryl methyl sites for hydroxylation is 1. The number of benzene rings is 2. The van der Waals surface area contributed by atoms with Gasteiger partial charge in [-0.3, -0.25) is 14.3 Å². The molecule has 3 heterocycles. The van der Waals surface area contributed by atoms with E-state index in [0.29, 0.717) is 27.7 Å². The fraction of sp³-hybridized carbons (Fsp3) is 0.107. The molecule has 0 fully saturated rings. The van der Waals surface area contributed by atoms with Crippen LogP contribution >= 0.6 is 23.4 Å². The Kier molecular flexibility index (Phi) is 8.35. The van der Waals surface area contributed by atoms with Crippen LogP contribution in [0.15, 0.2) is 99.9 Å². The maximum Gasteiger partial charge on any atom is 0.285 e. The Labute approximate surface area is 233 Å². The average Bonchev–Trinajstić information content (AvgIpc) is 3.60. The average molecular weight is 559 g/mol. The number of pyridine rings is 1. The van der Waals surface area contributed by atoms with Gasteiger partial charge in [0.2, 0.25) is 0 Å². The van der Waals surface area contributed by atoms with E-state index in [9.17, 15) is 4.79 Å². The number of hydrogen-bond acceptors (Lipinski definition) is 8. The Hall–Kier alpha value is -4.41. The summed E-state index contributed by atoms with van der Waals surface area (Å²) in [6.07, 6.45) is 4.83. The SMILES string of the molecule is Cc1cccc(Cl)c1COc1ccc(/C=N/NC(=O)CSc2nnc(-c3cccnc3)n2-c2ccccc2)o1. The van der Waals surface area contributed by atoms with E-state index in [1.165, 1.54) is 18.0 Å². The molecule has 0 radical (unpaired) electrons. The Bertz CT molecular complexity index is 1570. The number of carbonyl (C=O) groups excluding carboxylic acids is 1. The number of aromatic nitrogens is 4. The molecule has 2 aromatic carbocycles. The van der Waals surface area contributed by atoms with Gasteiger partial charge in [-0.1, -0.05) is 53.7 Å². The minimum absolute atomic E-state index is 0.0824. The van der Waals surface area contributed by atoms with E-state index in [-0.39, 0.29) is 18.3 Å². The van der Waals surface area contributed by atoms with Gasteiger partial charge >= 0.3 is 0 Å². The fourth-order valence-corrected chi connectivity index (χ4v) is 4.68. The van der Waals surface area contributed by atoms with E-state index < -0.39 is 0 Å². The summed E-state index contributed by atoms with van der Waals surface area (Å²) in [7, 11) is 0. The van der Waals surface area contributed by atoms with Crippen LogP contribution in [-0.2, 0) is 11.4 Å². The van der Waals surface area contributed by atoms with Crippen LogP contribution in [0, 0.1) is 6.92 Å². The van der Waals surface area contributed by atoms with Crippen LogP contribution in [0.25, 0.3) is 17.1 Å². The van der Waals surface area contributed by atoms with E-state index in [2.05, 4.69) is 25.7 Å². The molecule has 11 heteroatoms. The Balaban J connectivity index is 1.18. The van der Waals surface area contributed by atoms with Crippen LogP contribution in [-0.4, -0.2) is 37.6 Å². The molecule has 0 bridgehead atoms. The quantitative estimate of drug-likeness (QED) is 0.133. The lowest BCUT2D eigenvalue weighted by Crippen LogP contribution is -2.19. The van der Waals surface area contributed by atoms with Gasteiger partial charge in [0.15, 0.2) is 16.7 Å². The van der Waals surface area contributed by atoms with Crippen molar-refractivity contribution >= 4 is 35.5 Å². The highest BCUT2D eigenvalue weighted by Gasteiger charge is 2.17. The van der Waals surface area contributed by atoms with Crippen LogP contribution in [0.2, 0.25) is 5.02 Å². The lowest BCUT2D eigenvalue weighted by atomic mass is 10.1. The molecule has 9 nitrogen and oxygen atoms in total. The second-order valence-corrected chi connectivity index (χ2v) is 9.63. The van der Waals surface area contributed by atoms with Crippen LogP contribution in [0.5, 0.6) is 5.95 Å². The van der Waals surface area contributed by atoms with Crippen LogP contribution in [0.3, 0.4) is 0 Å². The van der Waals surface area contributed by atoms with Gasteiger partial charge < -0.3 is 9.15 Å². The monoisotopic (exact) mass is 558 g/mol. The molecule has 1 N–H and O–H groups in total. The third kappa shape index (κ3) is 6.54. The number of nitrogens with zero attached hydrogens (tertiary/aromatic N) is 5. The molecule has 0 saturated carbocycles. The van der Waals surface area contributed by atoms with Gasteiger partial charge in [-0.15, -0.1) is 10.2 Å². The predicted octanol–water partition coefficient (Wildman–Crippen LogP) is 5.71. The van der Waals surface area contributed by atoms with Crippen molar-refractivity contribution < 1.29 is 13.9 Å². The van der Waals surface area contributed by atoms with E-state index in [0.717, 1.165) is 22.4 Å². The molecule has 0 unspecified atom stereocenters. The van der Waals surface area contributed by atoms with Crippen LogP contribution < -0.4 is 10.2 Å². The number of para-hydroxylation sites is 1. The molecule has 0 saturated heterocycles. The first-order valence-corrected chi connectivity index (χ1v) is 13.3. The van der Waals surface area contributed by atoms with Crippen molar-refractivity contribution in [3.63, 3.8) is 0 Å².